The quantitative estimate of drug-likeness (QED) is 0.896. The van der Waals surface area contributed by atoms with Crippen LogP contribution in [-0.4, -0.2) is 35.0 Å². The van der Waals surface area contributed by atoms with Crippen molar-refractivity contribution in [1.29, 1.82) is 0 Å². The molecule has 0 spiro atoms. The Balaban J connectivity index is 1.67. The number of carbonyl (C=O) groups is 2. The first-order chi connectivity index (χ1) is 12.5. The van der Waals surface area contributed by atoms with Crippen molar-refractivity contribution in [3.05, 3.63) is 70.8 Å². The van der Waals surface area contributed by atoms with Gasteiger partial charge in [0.15, 0.2) is 0 Å². The summed E-state index contributed by atoms with van der Waals surface area (Å²) in [5, 5.41) is 9.58. The third-order valence-corrected chi connectivity index (χ3v) is 5.32. The van der Waals surface area contributed by atoms with Crippen LogP contribution in [0.4, 0.5) is 0 Å². The van der Waals surface area contributed by atoms with Crippen molar-refractivity contribution in [3.8, 4) is 0 Å². The second kappa shape index (κ2) is 7.73. The Labute approximate surface area is 154 Å². The first-order valence-corrected chi connectivity index (χ1v) is 9.07. The Kier molecular flexibility index (Phi) is 5.40. The largest absolute Gasteiger partial charge is 0.481 e. The van der Waals surface area contributed by atoms with Gasteiger partial charge in [-0.15, -0.1) is 0 Å². The van der Waals surface area contributed by atoms with Gasteiger partial charge in [-0.2, -0.15) is 0 Å². The summed E-state index contributed by atoms with van der Waals surface area (Å²) in [6, 6.07) is 15.9. The summed E-state index contributed by atoms with van der Waals surface area (Å²) in [5.74, 6) is -1.47. The Morgan fingerprint density at radius 2 is 1.81 bits per heavy atom. The minimum absolute atomic E-state index is 0.0367. The molecule has 2 aromatic rings. The van der Waals surface area contributed by atoms with Gasteiger partial charge in [0.05, 0.1) is 5.92 Å². The number of carbonyl (C=O) groups excluding carboxylic acids is 1. The summed E-state index contributed by atoms with van der Waals surface area (Å²) >= 11 is 0. The predicted molar refractivity (Wildman–Crippen MR) is 101 cm³/mol. The summed E-state index contributed by atoms with van der Waals surface area (Å²) in [6.07, 6.45) is 1.10. The summed E-state index contributed by atoms with van der Waals surface area (Å²) < 4.78 is 0. The molecule has 2 atom stereocenters. The monoisotopic (exact) mass is 351 g/mol. The first kappa shape index (κ1) is 18.2. The van der Waals surface area contributed by atoms with E-state index in [0.717, 1.165) is 5.56 Å². The number of rotatable bonds is 5. The molecule has 4 heteroatoms. The van der Waals surface area contributed by atoms with Gasteiger partial charge >= 0.3 is 5.97 Å². The highest BCUT2D eigenvalue weighted by Crippen LogP contribution is 2.33. The third-order valence-electron chi connectivity index (χ3n) is 5.32. The number of amides is 1. The lowest BCUT2D eigenvalue weighted by atomic mass is 9.89. The molecular formula is C22H25NO3. The molecule has 1 aliphatic rings. The third kappa shape index (κ3) is 3.96. The Morgan fingerprint density at radius 3 is 2.46 bits per heavy atom. The van der Waals surface area contributed by atoms with E-state index in [1.54, 1.807) is 4.90 Å². The number of benzene rings is 2. The standard InChI is InChI=1S/C22H25NO3/c1-15-8-9-17(16(2)12-15)10-11-21(24)23-13-19(20(14-23)22(25)26)18-6-4-3-5-7-18/h3-9,12,19-20H,10-11,13-14H2,1-2H3,(H,25,26). The minimum atomic E-state index is -0.830. The SMILES string of the molecule is Cc1ccc(CCC(=O)N2CC(C(=O)O)C(c3ccccc3)C2)c(C)c1. The lowest BCUT2D eigenvalue weighted by Crippen LogP contribution is -2.30. The number of aliphatic carboxylic acids is 1. The van der Waals surface area contributed by atoms with Crippen LogP contribution in [-0.2, 0) is 16.0 Å². The topological polar surface area (TPSA) is 57.6 Å². The van der Waals surface area contributed by atoms with Crippen molar-refractivity contribution in [3.63, 3.8) is 0 Å². The van der Waals surface area contributed by atoms with Gasteiger partial charge in [-0.1, -0.05) is 54.1 Å². The lowest BCUT2D eigenvalue weighted by molar-refractivity contribution is -0.141. The van der Waals surface area contributed by atoms with Gasteiger partial charge < -0.3 is 10.0 Å². The van der Waals surface area contributed by atoms with E-state index in [4.69, 9.17) is 0 Å². The highest BCUT2D eigenvalue weighted by Gasteiger charge is 2.40. The fourth-order valence-corrected chi connectivity index (χ4v) is 3.82. The molecule has 1 N–H and O–H groups in total. The first-order valence-electron chi connectivity index (χ1n) is 9.07. The van der Waals surface area contributed by atoms with E-state index < -0.39 is 11.9 Å². The number of hydrogen-bond donors (Lipinski definition) is 1. The van der Waals surface area contributed by atoms with Crippen LogP contribution in [0.25, 0.3) is 0 Å². The van der Waals surface area contributed by atoms with Crippen molar-refractivity contribution < 1.29 is 14.7 Å². The maximum atomic E-state index is 12.7. The minimum Gasteiger partial charge on any atom is -0.481 e. The molecule has 0 aliphatic carbocycles. The van der Waals surface area contributed by atoms with Crippen LogP contribution in [0.15, 0.2) is 48.5 Å². The molecule has 26 heavy (non-hydrogen) atoms. The zero-order chi connectivity index (χ0) is 18.7. The number of carboxylic acids is 1. The highest BCUT2D eigenvalue weighted by molar-refractivity contribution is 5.80. The zero-order valence-electron chi connectivity index (χ0n) is 15.3. The van der Waals surface area contributed by atoms with E-state index in [0.29, 0.717) is 25.9 Å². The van der Waals surface area contributed by atoms with Crippen LogP contribution in [0.5, 0.6) is 0 Å². The smallest absolute Gasteiger partial charge is 0.308 e. The van der Waals surface area contributed by atoms with Gasteiger partial charge in [-0.05, 0) is 37.0 Å². The van der Waals surface area contributed by atoms with Gasteiger partial charge in [0.1, 0.15) is 0 Å². The van der Waals surface area contributed by atoms with E-state index in [-0.39, 0.29) is 11.8 Å². The average Bonchev–Trinajstić information content (AvgIpc) is 3.07. The molecule has 3 rings (SSSR count). The molecule has 1 aliphatic heterocycles. The molecule has 1 amide bonds. The maximum Gasteiger partial charge on any atom is 0.308 e. The van der Waals surface area contributed by atoms with Crippen LogP contribution in [0.1, 0.15) is 34.6 Å². The zero-order valence-corrected chi connectivity index (χ0v) is 15.3. The van der Waals surface area contributed by atoms with Crippen molar-refractivity contribution in [2.45, 2.75) is 32.6 Å². The second-order valence-electron chi connectivity index (χ2n) is 7.19. The van der Waals surface area contributed by atoms with E-state index in [1.807, 2.05) is 30.3 Å². The maximum absolute atomic E-state index is 12.7. The van der Waals surface area contributed by atoms with Crippen LogP contribution in [0.2, 0.25) is 0 Å². The predicted octanol–water partition coefficient (Wildman–Crippen LogP) is 3.56. The van der Waals surface area contributed by atoms with Gasteiger partial charge in [-0.25, -0.2) is 0 Å². The summed E-state index contributed by atoms with van der Waals surface area (Å²) in [6.45, 7) is 4.89. The fourth-order valence-electron chi connectivity index (χ4n) is 3.82. The van der Waals surface area contributed by atoms with E-state index in [2.05, 4.69) is 32.0 Å². The summed E-state index contributed by atoms with van der Waals surface area (Å²) in [7, 11) is 0. The molecule has 1 saturated heterocycles. The van der Waals surface area contributed by atoms with Gasteiger partial charge in [0.2, 0.25) is 5.91 Å². The molecule has 1 fully saturated rings. The summed E-state index contributed by atoms with van der Waals surface area (Å²) in [4.78, 5) is 26.1. The summed E-state index contributed by atoms with van der Waals surface area (Å²) in [5.41, 5.74) is 4.58. The van der Waals surface area contributed by atoms with Crippen LogP contribution in [0, 0.1) is 19.8 Å². The molecule has 0 bridgehead atoms. The van der Waals surface area contributed by atoms with Crippen molar-refractivity contribution in [2.24, 2.45) is 5.92 Å². The van der Waals surface area contributed by atoms with Crippen LogP contribution >= 0.6 is 0 Å². The van der Waals surface area contributed by atoms with Gasteiger partial charge in [0, 0.05) is 25.4 Å². The van der Waals surface area contributed by atoms with E-state index in [1.165, 1.54) is 16.7 Å². The molecule has 1 heterocycles. The Hall–Kier alpha value is -2.62. The molecule has 4 nitrogen and oxygen atoms in total. The van der Waals surface area contributed by atoms with Crippen molar-refractivity contribution in [1.82, 2.24) is 4.90 Å². The molecular weight excluding hydrogens is 326 g/mol. The molecule has 0 saturated carbocycles. The van der Waals surface area contributed by atoms with E-state index >= 15 is 0 Å². The fraction of sp³-hybridized carbons (Fsp3) is 0.364. The molecule has 2 aromatic carbocycles. The molecule has 2 unspecified atom stereocenters. The van der Waals surface area contributed by atoms with Gasteiger partial charge in [0.25, 0.3) is 0 Å². The molecule has 0 radical (unpaired) electrons. The Bertz CT molecular complexity index is 800. The second-order valence-corrected chi connectivity index (χ2v) is 7.19. The molecule has 0 aromatic heterocycles. The van der Waals surface area contributed by atoms with E-state index in [9.17, 15) is 14.7 Å². The van der Waals surface area contributed by atoms with Gasteiger partial charge in [-0.3, -0.25) is 9.59 Å². The number of hydrogen-bond acceptors (Lipinski definition) is 2. The van der Waals surface area contributed by atoms with Crippen molar-refractivity contribution >= 4 is 11.9 Å². The molecule has 136 valence electrons. The number of carboxylic acid groups (broad SMARTS) is 1. The van der Waals surface area contributed by atoms with Crippen LogP contribution in [0.3, 0.4) is 0 Å². The van der Waals surface area contributed by atoms with Crippen molar-refractivity contribution in [2.75, 3.05) is 13.1 Å². The number of likely N-dealkylation sites (tertiary alicyclic amines) is 1. The normalized spacial score (nSPS) is 19.5. The lowest BCUT2D eigenvalue weighted by Gasteiger charge is -2.17. The number of nitrogens with zero attached hydrogens (tertiary/aromatic N) is 1. The number of aryl methyl sites for hydroxylation is 3. The van der Waals surface area contributed by atoms with Crippen LogP contribution < -0.4 is 0 Å². The average molecular weight is 351 g/mol. The Morgan fingerprint density at radius 1 is 1.08 bits per heavy atom. The highest BCUT2D eigenvalue weighted by atomic mass is 16.4.